The number of rotatable bonds is 7. The van der Waals surface area contributed by atoms with Crippen LogP contribution in [0.1, 0.15) is 0 Å². The maximum Gasteiger partial charge on any atom is 0.135 e. The van der Waals surface area contributed by atoms with Crippen LogP contribution in [0.3, 0.4) is 0 Å². The molecule has 0 radical (unpaired) electrons. The summed E-state index contributed by atoms with van der Waals surface area (Å²) in [6, 6.07) is 87.0. The molecule has 0 fully saturated rings. The molecule has 11 aromatic rings. The first-order chi connectivity index (χ1) is 31.2. The van der Waals surface area contributed by atoms with Gasteiger partial charge in [-0.3, -0.25) is 0 Å². The van der Waals surface area contributed by atoms with Crippen molar-refractivity contribution in [3.05, 3.63) is 243 Å². The van der Waals surface area contributed by atoms with Crippen LogP contribution in [0.4, 0.5) is 17.1 Å². The van der Waals surface area contributed by atoms with Crippen LogP contribution in [-0.2, 0) is 0 Å². The van der Waals surface area contributed by atoms with Crippen LogP contribution in [0.2, 0.25) is 0 Å². The average molecular weight is 805 g/mol. The Hall–Kier alpha value is -8.40. The molecule has 2 heterocycles. The van der Waals surface area contributed by atoms with E-state index in [-0.39, 0.29) is 0 Å². The number of hydrogen-bond donors (Lipinski definition) is 0. The molecule has 0 atom stereocenters. The predicted octanol–water partition coefficient (Wildman–Crippen LogP) is 16.7. The topological polar surface area (TPSA) is 17.4 Å². The van der Waals surface area contributed by atoms with Gasteiger partial charge in [0.1, 0.15) is 11.5 Å². The average Bonchev–Trinajstić information content (AvgIpc) is 3.61. The second-order valence-electron chi connectivity index (χ2n) is 16.1. The molecule has 0 aliphatic carbocycles. The summed E-state index contributed by atoms with van der Waals surface area (Å²) in [5.41, 5.74) is 18.4. The van der Waals surface area contributed by atoms with Gasteiger partial charge in [0.05, 0.1) is 11.0 Å². The Morgan fingerprint density at radius 3 is 1.37 bits per heavy atom. The van der Waals surface area contributed by atoms with Crippen molar-refractivity contribution in [2.75, 3.05) is 4.90 Å². The van der Waals surface area contributed by atoms with Crippen LogP contribution in [0.15, 0.2) is 243 Å². The second kappa shape index (κ2) is 15.3. The molecule has 0 amide bonds. The number of ether oxygens (including phenoxy) is 1. The molecular formula is C60H40N2O. The zero-order valence-electron chi connectivity index (χ0n) is 34.4. The molecule has 0 spiro atoms. The van der Waals surface area contributed by atoms with Crippen LogP contribution >= 0.6 is 0 Å². The molecule has 63 heavy (non-hydrogen) atoms. The Labute approximate surface area is 367 Å². The highest BCUT2D eigenvalue weighted by atomic mass is 16.5. The smallest absolute Gasteiger partial charge is 0.135 e. The molecule has 1 aliphatic heterocycles. The van der Waals surface area contributed by atoms with E-state index < -0.39 is 0 Å². The first-order valence-corrected chi connectivity index (χ1v) is 21.5. The summed E-state index contributed by atoms with van der Waals surface area (Å²) in [5.74, 6) is 1.74. The second-order valence-corrected chi connectivity index (χ2v) is 16.1. The number of aromatic nitrogens is 1. The number of hydrogen-bond acceptors (Lipinski definition) is 2. The lowest BCUT2D eigenvalue weighted by Crippen LogP contribution is -2.09. The van der Waals surface area contributed by atoms with Gasteiger partial charge in [-0.25, -0.2) is 0 Å². The summed E-state index contributed by atoms with van der Waals surface area (Å²) >= 11 is 0. The summed E-state index contributed by atoms with van der Waals surface area (Å²) in [6.45, 7) is 0. The molecule has 0 unspecified atom stereocenters. The van der Waals surface area contributed by atoms with Gasteiger partial charge >= 0.3 is 0 Å². The third kappa shape index (κ3) is 6.46. The quantitative estimate of drug-likeness (QED) is 0.160. The molecule has 1 aliphatic rings. The largest absolute Gasteiger partial charge is 0.456 e. The lowest BCUT2D eigenvalue weighted by molar-refractivity contribution is 0.488. The number of nitrogens with zero attached hydrogens (tertiary/aromatic N) is 2. The van der Waals surface area contributed by atoms with E-state index in [0.717, 1.165) is 56.5 Å². The van der Waals surface area contributed by atoms with Gasteiger partial charge in [-0.1, -0.05) is 158 Å². The fraction of sp³-hybridized carbons (Fsp3) is 0. The van der Waals surface area contributed by atoms with Crippen molar-refractivity contribution in [2.24, 2.45) is 0 Å². The summed E-state index contributed by atoms with van der Waals surface area (Å²) in [5, 5.41) is 2.49. The molecule has 0 bridgehead atoms. The monoisotopic (exact) mass is 804 g/mol. The summed E-state index contributed by atoms with van der Waals surface area (Å²) < 4.78 is 8.83. The van der Waals surface area contributed by atoms with Crippen molar-refractivity contribution in [3.8, 4) is 72.8 Å². The third-order valence-electron chi connectivity index (χ3n) is 12.4. The lowest BCUT2D eigenvalue weighted by atomic mass is 9.91. The predicted molar refractivity (Wildman–Crippen MR) is 263 cm³/mol. The Bertz CT molecular complexity index is 3440. The molecule has 12 rings (SSSR count). The highest BCUT2D eigenvalue weighted by Crippen LogP contribution is 2.48. The number of para-hydroxylation sites is 4. The SMILES string of the molecule is c1ccc(-c2ccc(N(c3ccc(-c4ccc5c(c4)-c4ccccc4Oc4ccccc4-5)cc3)c3ccc(-c4ccc5c(c4)c4ccccc4n5-c4ccccc4)cc3)cc2)cc1. The molecular weight excluding hydrogens is 765 g/mol. The van der Waals surface area contributed by atoms with Crippen LogP contribution in [0, 0.1) is 0 Å². The van der Waals surface area contributed by atoms with E-state index in [4.69, 9.17) is 4.74 Å². The first-order valence-electron chi connectivity index (χ1n) is 21.5. The standard InChI is InChI=1S/C60H40N2O/c1-3-13-41(14-4-1)42-23-31-48(32-24-42)61(49-33-25-43(26-34-49)45-29-37-51-53-18-8-11-21-59(53)63-60-22-12-9-19-54(60)55(51)39-45)50-35-27-44(28-36-50)46-30-38-58-56(40-46)52-17-7-10-20-57(52)62(58)47-15-5-2-6-16-47/h1-40H. The Balaban J connectivity index is 0.919. The zero-order chi connectivity index (χ0) is 41.7. The number of benzene rings is 10. The van der Waals surface area contributed by atoms with Gasteiger partial charge in [-0.05, 0) is 129 Å². The minimum atomic E-state index is 0.868. The van der Waals surface area contributed by atoms with E-state index in [0.29, 0.717) is 0 Å². The molecule has 0 saturated carbocycles. The van der Waals surface area contributed by atoms with Gasteiger partial charge in [0.15, 0.2) is 0 Å². The van der Waals surface area contributed by atoms with Crippen molar-refractivity contribution in [1.29, 1.82) is 0 Å². The normalized spacial score (nSPS) is 11.6. The number of anilines is 3. The van der Waals surface area contributed by atoms with Crippen LogP contribution in [-0.4, -0.2) is 4.57 Å². The molecule has 3 nitrogen and oxygen atoms in total. The van der Waals surface area contributed by atoms with E-state index in [2.05, 4.69) is 234 Å². The van der Waals surface area contributed by atoms with Crippen LogP contribution in [0.25, 0.3) is 83.1 Å². The van der Waals surface area contributed by atoms with Crippen molar-refractivity contribution in [2.45, 2.75) is 0 Å². The van der Waals surface area contributed by atoms with Gasteiger partial charge in [0.2, 0.25) is 0 Å². The minimum Gasteiger partial charge on any atom is -0.456 e. The van der Waals surface area contributed by atoms with E-state index >= 15 is 0 Å². The minimum absolute atomic E-state index is 0.868. The van der Waals surface area contributed by atoms with Crippen molar-refractivity contribution < 1.29 is 4.74 Å². The van der Waals surface area contributed by atoms with E-state index in [1.54, 1.807) is 0 Å². The fourth-order valence-electron chi connectivity index (χ4n) is 9.35. The van der Waals surface area contributed by atoms with Gasteiger partial charge < -0.3 is 14.2 Å². The first kappa shape index (κ1) is 36.5. The summed E-state index contributed by atoms with van der Waals surface area (Å²) in [6.07, 6.45) is 0. The number of fused-ring (bicyclic) bond motifs is 8. The van der Waals surface area contributed by atoms with Crippen LogP contribution < -0.4 is 9.64 Å². The Morgan fingerprint density at radius 2 is 0.730 bits per heavy atom. The van der Waals surface area contributed by atoms with Crippen LogP contribution in [0.5, 0.6) is 11.5 Å². The molecule has 296 valence electrons. The van der Waals surface area contributed by atoms with Crippen molar-refractivity contribution >= 4 is 38.9 Å². The summed E-state index contributed by atoms with van der Waals surface area (Å²) in [4.78, 5) is 2.35. The van der Waals surface area contributed by atoms with Crippen molar-refractivity contribution in [1.82, 2.24) is 4.57 Å². The maximum absolute atomic E-state index is 6.46. The molecule has 1 aromatic heterocycles. The van der Waals surface area contributed by atoms with Gasteiger partial charge in [0.25, 0.3) is 0 Å². The zero-order valence-corrected chi connectivity index (χ0v) is 34.4. The van der Waals surface area contributed by atoms with Gasteiger partial charge in [0, 0.05) is 44.6 Å². The highest BCUT2D eigenvalue weighted by molar-refractivity contribution is 6.10. The highest BCUT2D eigenvalue weighted by Gasteiger charge is 2.21. The fourth-order valence-corrected chi connectivity index (χ4v) is 9.35. The van der Waals surface area contributed by atoms with Crippen molar-refractivity contribution in [3.63, 3.8) is 0 Å². The molecule has 3 heteroatoms. The lowest BCUT2D eigenvalue weighted by Gasteiger charge is -2.26. The van der Waals surface area contributed by atoms with Gasteiger partial charge in [-0.2, -0.15) is 0 Å². The molecule has 0 N–H and O–H groups in total. The molecule has 10 aromatic carbocycles. The van der Waals surface area contributed by atoms with E-state index in [1.165, 1.54) is 55.2 Å². The Morgan fingerprint density at radius 1 is 0.286 bits per heavy atom. The van der Waals surface area contributed by atoms with E-state index in [1.807, 2.05) is 18.2 Å². The molecule has 0 saturated heterocycles. The third-order valence-corrected chi connectivity index (χ3v) is 12.4. The summed E-state index contributed by atoms with van der Waals surface area (Å²) in [7, 11) is 0. The Kier molecular flexibility index (Phi) is 8.83. The maximum atomic E-state index is 6.46. The van der Waals surface area contributed by atoms with E-state index in [9.17, 15) is 0 Å². The van der Waals surface area contributed by atoms with Gasteiger partial charge in [-0.15, -0.1) is 0 Å².